The molecule has 6 heteroatoms. The molecule has 0 spiro atoms. The van der Waals surface area contributed by atoms with E-state index in [-0.39, 0.29) is 6.54 Å². The number of sulfonamides is 1. The molecule has 2 rings (SSSR count). The number of rotatable bonds is 8. The predicted octanol–water partition coefficient (Wildman–Crippen LogP) is 4.06. The summed E-state index contributed by atoms with van der Waals surface area (Å²) in [5.41, 5.74) is 2.45. The number of hydrogen-bond acceptors (Lipinski definition) is 3. The van der Waals surface area contributed by atoms with Crippen molar-refractivity contribution in [2.24, 2.45) is 0 Å². The molecular weight excluding hydrogens is 363 g/mol. The Hall–Kier alpha value is -2.18. The van der Waals surface area contributed by atoms with E-state index in [1.54, 1.807) is 26.0 Å². The van der Waals surface area contributed by atoms with E-state index in [2.05, 4.69) is 16.6 Å². The maximum Gasteiger partial charge on any atom is 0.214 e. The van der Waals surface area contributed by atoms with Crippen LogP contribution < -0.4 is 10.0 Å². The lowest BCUT2D eigenvalue weighted by Gasteiger charge is -2.22. The third-order valence-electron chi connectivity index (χ3n) is 4.58. The van der Waals surface area contributed by atoms with Crippen LogP contribution in [0.4, 0.5) is 4.39 Å². The van der Waals surface area contributed by atoms with Crippen LogP contribution in [-0.4, -0.2) is 27.3 Å². The summed E-state index contributed by atoms with van der Waals surface area (Å²) in [6.07, 6.45) is 0. The summed E-state index contributed by atoms with van der Waals surface area (Å²) >= 11 is 0. The summed E-state index contributed by atoms with van der Waals surface area (Å²) in [6.45, 7) is 8.13. The Balaban J connectivity index is 2.15. The molecule has 0 fully saturated rings. The van der Waals surface area contributed by atoms with Crippen LogP contribution in [-0.2, 0) is 15.7 Å². The van der Waals surface area contributed by atoms with E-state index in [1.165, 1.54) is 6.92 Å². The topological polar surface area (TPSA) is 58.2 Å². The van der Waals surface area contributed by atoms with Crippen LogP contribution in [0, 0.1) is 0 Å². The van der Waals surface area contributed by atoms with Gasteiger partial charge in [-0.1, -0.05) is 55.1 Å². The fourth-order valence-electron chi connectivity index (χ4n) is 2.52. The minimum atomic E-state index is -3.51. The smallest absolute Gasteiger partial charge is 0.214 e. The van der Waals surface area contributed by atoms with Crippen molar-refractivity contribution < 1.29 is 12.8 Å². The first-order chi connectivity index (χ1) is 12.6. The van der Waals surface area contributed by atoms with E-state index in [0.717, 1.165) is 22.4 Å². The molecular formula is C21H27FN2O2S. The van der Waals surface area contributed by atoms with Gasteiger partial charge in [-0.25, -0.2) is 17.5 Å². The number of nitrogens with one attached hydrogen (secondary N) is 2. The van der Waals surface area contributed by atoms with Crippen molar-refractivity contribution in [2.45, 2.75) is 31.7 Å². The maximum absolute atomic E-state index is 15.0. The molecule has 0 heterocycles. The van der Waals surface area contributed by atoms with Crippen LogP contribution in [0.2, 0.25) is 0 Å². The van der Waals surface area contributed by atoms with Crippen LogP contribution >= 0.6 is 0 Å². The highest BCUT2D eigenvalue weighted by atomic mass is 32.2. The second-order valence-electron chi connectivity index (χ2n) is 7.00. The molecule has 0 saturated carbocycles. The standard InChI is InChI=1S/C21H27FN2O2S/c1-15(2)27(25,26)24-14-21(4,22)20-12-10-19(11-13-20)18-8-6-17(7-9-18)16(3)23-5/h6-13,15,23-24H,3,14H2,1-2,4-5H3. The zero-order valence-electron chi connectivity index (χ0n) is 16.2. The van der Waals surface area contributed by atoms with Crippen LogP contribution in [0.3, 0.4) is 0 Å². The third-order valence-corrected chi connectivity index (χ3v) is 6.37. The molecule has 0 aromatic heterocycles. The van der Waals surface area contributed by atoms with E-state index in [0.29, 0.717) is 5.56 Å². The first-order valence-corrected chi connectivity index (χ1v) is 10.4. The monoisotopic (exact) mass is 390 g/mol. The fraction of sp³-hybridized carbons (Fsp3) is 0.333. The van der Waals surface area contributed by atoms with Gasteiger partial charge in [0.25, 0.3) is 0 Å². The molecule has 1 atom stereocenters. The van der Waals surface area contributed by atoms with Crippen LogP contribution in [0.1, 0.15) is 31.9 Å². The van der Waals surface area contributed by atoms with Crippen molar-refractivity contribution in [3.8, 4) is 11.1 Å². The molecule has 0 aliphatic rings. The lowest BCUT2D eigenvalue weighted by molar-refractivity contribution is 0.196. The number of hydrogen-bond donors (Lipinski definition) is 2. The highest BCUT2D eigenvalue weighted by Crippen LogP contribution is 2.28. The Bertz CT molecular complexity index is 887. The molecule has 0 amide bonds. The number of halogens is 1. The van der Waals surface area contributed by atoms with Crippen molar-refractivity contribution in [1.82, 2.24) is 10.0 Å². The van der Waals surface area contributed by atoms with Gasteiger partial charge < -0.3 is 5.32 Å². The molecule has 1 unspecified atom stereocenters. The summed E-state index contributed by atoms with van der Waals surface area (Å²) in [6, 6.07) is 15.0. The van der Waals surface area contributed by atoms with E-state index in [1.807, 2.05) is 43.4 Å². The minimum absolute atomic E-state index is 0.298. The van der Waals surface area contributed by atoms with Crippen LogP contribution in [0.5, 0.6) is 0 Å². The molecule has 0 radical (unpaired) electrons. The Labute approximate surface area is 161 Å². The number of alkyl halides is 1. The molecule has 27 heavy (non-hydrogen) atoms. The molecule has 2 N–H and O–H groups in total. The van der Waals surface area contributed by atoms with Crippen molar-refractivity contribution >= 4 is 15.7 Å². The second kappa shape index (κ2) is 8.23. The Kier molecular flexibility index (Phi) is 6.44. The van der Waals surface area contributed by atoms with Crippen molar-refractivity contribution in [1.29, 1.82) is 0 Å². The predicted molar refractivity (Wildman–Crippen MR) is 110 cm³/mol. The zero-order valence-corrected chi connectivity index (χ0v) is 17.0. The average molecular weight is 391 g/mol. The van der Waals surface area contributed by atoms with Gasteiger partial charge >= 0.3 is 0 Å². The van der Waals surface area contributed by atoms with Gasteiger partial charge in [-0.2, -0.15) is 0 Å². The molecule has 4 nitrogen and oxygen atoms in total. The zero-order chi connectivity index (χ0) is 20.2. The molecule has 2 aromatic carbocycles. The van der Waals surface area contributed by atoms with E-state index in [4.69, 9.17) is 0 Å². The summed E-state index contributed by atoms with van der Waals surface area (Å²) in [5.74, 6) is 0. The molecule has 2 aromatic rings. The van der Waals surface area contributed by atoms with Gasteiger partial charge in [-0.15, -0.1) is 0 Å². The highest BCUT2D eigenvalue weighted by Gasteiger charge is 2.28. The Morgan fingerprint density at radius 2 is 1.56 bits per heavy atom. The average Bonchev–Trinajstić information content (AvgIpc) is 2.66. The van der Waals surface area contributed by atoms with E-state index >= 15 is 0 Å². The van der Waals surface area contributed by atoms with Crippen molar-refractivity contribution in [3.05, 3.63) is 66.2 Å². The maximum atomic E-state index is 15.0. The van der Waals surface area contributed by atoms with Crippen molar-refractivity contribution in [3.63, 3.8) is 0 Å². The third kappa shape index (κ3) is 5.17. The molecule has 0 bridgehead atoms. The van der Waals surface area contributed by atoms with Gasteiger partial charge in [0.15, 0.2) is 0 Å². The van der Waals surface area contributed by atoms with Gasteiger partial charge in [0.2, 0.25) is 10.0 Å². The lowest BCUT2D eigenvalue weighted by atomic mass is 9.95. The first kappa shape index (κ1) is 21.1. The summed E-state index contributed by atoms with van der Waals surface area (Å²) in [4.78, 5) is 0. The van der Waals surface area contributed by atoms with Crippen LogP contribution in [0.15, 0.2) is 55.1 Å². The highest BCUT2D eigenvalue weighted by molar-refractivity contribution is 7.90. The summed E-state index contributed by atoms with van der Waals surface area (Å²) in [5, 5.41) is 2.41. The van der Waals surface area contributed by atoms with Gasteiger partial charge in [0.1, 0.15) is 5.67 Å². The fourth-order valence-corrected chi connectivity index (χ4v) is 3.33. The molecule has 0 aliphatic carbocycles. The van der Waals surface area contributed by atoms with Gasteiger partial charge in [-0.05, 0) is 43.0 Å². The van der Waals surface area contributed by atoms with Gasteiger partial charge in [-0.3, -0.25) is 0 Å². The van der Waals surface area contributed by atoms with Gasteiger partial charge in [0, 0.05) is 19.3 Å². The van der Waals surface area contributed by atoms with Crippen LogP contribution in [0.25, 0.3) is 16.8 Å². The van der Waals surface area contributed by atoms with E-state index < -0.39 is 20.9 Å². The molecule has 0 saturated heterocycles. The SMILES string of the molecule is C=C(NC)c1ccc(-c2ccc(C(C)(F)CNS(=O)(=O)C(C)C)cc2)cc1. The lowest BCUT2D eigenvalue weighted by Crippen LogP contribution is -2.39. The number of benzene rings is 2. The molecule has 146 valence electrons. The Morgan fingerprint density at radius 1 is 1.07 bits per heavy atom. The molecule has 0 aliphatic heterocycles. The summed E-state index contributed by atoms with van der Waals surface area (Å²) in [7, 11) is -1.68. The second-order valence-corrected chi connectivity index (χ2v) is 9.32. The van der Waals surface area contributed by atoms with Crippen molar-refractivity contribution in [2.75, 3.05) is 13.6 Å². The Morgan fingerprint density at radius 3 is 2.00 bits per heavy atom. The quantitative estimate of drug-likeness (QED) is 0.715. The minimum Gasteiger partial charge on any atom is -0.388 e. The summed E-state index contributed by atoms with van der Waals surface area (Å²) < 4.78 is 41.0. The largest absolute Gasteiger partial charge is 0.388 e. The first-order valence-electron chi connectivity index (χ1n) is 8.82. The van der Waals surface area contributed by atoms with Gasteiger partial charge in [0.05, 0.1) is 5.25 Å². The van der Waals surface area contributed by atoms with E-state index in [9.17, 15) is 12.8 Å². The normalized spacial score (nSPS) is 14.0.